The van der Waals surface area contributed by atoms with E-state index in [4.69, 9.17) is 4.74 Å². The quantitative estimate of drug-likeness (QED) is 0.675. The molecule has 15 heavy (non-hydrogen) atoms. The summed E-state index contributed by atoms with van der Waals surface area (Å²) in [6.45, 7) is 8.48. The molecule has 0 spiro atoms. The summed E-state index contributed by atoms with van der Waals surface area (Å²) in [5.74, 6) is 0.404. The number of carbonyl (C=O) groups excluding carboxylic acids is 1. The summed E-state index contributed by atoms with van der Waals surface area (Å²) in [5.41, 5.74) is -0.151. The minimum Gasteiger partial charge on any atom is -0.374 e. The van der Waals surface area contributed by atoms with Crippen molar-refractivity contribution in [1.29, 1.82) is 0 Å². The highest BCUT2D eigenvalue weighted by molar-refractivity contribution is 5.92. The summed E-state index contributed by atoms with van der Waals surface area (Å²) in [6, 6.07) is 0. The van der Waals surface area contributed by atoms with Crippen molar-refractivity contribution in [3.8, 4) is 0 Å². The normalized spacial score (nSPS) is 26.1. The number of ketones is 1. The van der Waals surface area contributed by atoms with Crippen LogP contribution in [0.15, 0.2) is 0 Å². The number of carbonyl (C=O) groups is 1. The number of ether oxygens (including phenoxy) is 1. The molecule has 0 saturated heterocycles. The molecule has 0 aromatic carbocycles. The van der Waals surface area contributed by atoms with Crippen molar-refractivity contribution in [1.82, 2.24) is 0 Å². The van der Waals surface area contributed by atoms with Crippen LogP contribution in [0, 0.1) is 5.41 Å². The van der Waals surface area contributed by atoms with E-state index >= 15 is 0 Å². The molecule has 0 bridgehead atoms. The molecule has 2 nitrogen and oxygen atoms in total. The SMILES string of the molecule is CCCC(C)OC1CC(=O)C1(CC)CC. The Hall–Kier alpha value is -0.370. The van der Waals surface area contributed by atoms with Crippen LogP contribution in [0.1, 0.15) is 59.8 Å². The van der Waals surface area contributed by atoms with Crippen LogP contribution in [0.2, 0.25) is 0 Å². The molecule has 88 valence electrons. The summed E-state index contributed by atoms with van der Waals surface area (Å²) < 4.78 is 5.97. The number of rotatable bonds is 6. The molecule has 1 fully saturated rings. The molecule has 1 aliphatic carbocycles. The topological polar surface area (TPSA) is 26.3 Å². The van der Waals surface area contributed by atoms with E-state index in [0.717, 1.165) is 25.7 Å². The van der Waals surface area contributed by atoms with Gasteiger partial charge in [-0.2, -0.15) is 0 Å². The molecule has 1 aliphatic rings. The number of hydrogen-bond acceptors (Lipinski definition) is 2. The van der Waals surface area contributed by atoms with Gasteiger partial charge in [0.1, 0.15) is 5.78 Å². The van der Waals surface area contributed by atoms with Crippen LogP contribution in [-0.4, -0.2) is 18.0 Å². The molecule has 2 unspecified atom stereocenters. The first kappa shape index (κ1) is 12.7. The van der Waals surface area contributed by atoms with Crippen LogP contribution in [-0.2, 0) is 9.53 Å². The zero-order valence-electron chi connectivity index (χ0n) is 10.5. The van der Waals surface area contributed by atoms with E-state index in [0.29, 0.717) is 18.3 Å². The van der Waals surface area contributed by atoms with Gasteiger partial charge in [-0.15, -0.1) is 0 Å². The lowest BCUT2D eigenvalue weighted by molar-refractivity contribution is -0.172. The molecule has 0 aromatic rings. The summed E-state index contributed by atoms with van der Waals surface area (Å²) >= 11 is 0. The summed E-state index contributed by atoms with van der Waals surface area (Å²) in [5, 5.41) is 0. The lowest BCUT2D eigenvalue weighted by Gasteiger charge is -2.47. The average Bonchev–Trinajstić information content (AvgIpc) is 2.19. The maximum Gasteiger partial charge on any atom is 0.144 e. The Bertz CT molecular complexity index is 219. The highest BCUT2D eigenvalue weighted by atomic mass is 16.5. The van der Waals surface area contributed by atoms with Crippen molar-refractivity contribution in [3.63, 3.8) is 0 Å². The highest BCUT2D eigenvalue weighted by Crippen LogP contribution is 2.46. The van der Waals surface area contributed by atoms with E-state index in [2.05, 4.69) is 27.7 Å². The Morgan fingerprint density at radius 2 is 2.00 bits per heavy atom. The Kier molecular flexibility index (Phi) is 4.32. The van der Waals surface area contributed by atoms with Crippen molar-refractivity contribution in [2.75, 3.05) is 0 Å². The fourth-order valence-electron chi connectivity index (χ4n) is 2.65. The Morgan fingerprint density at radius 1 is 1.40 bits per heavy atom. The molecule has 0 heterocycles. The lowest BCUT2D eigenvalue weighted by Crippen LogP contribution is -2.55. The van der Waals surface area contributed by atoms with E-state index in [-0.39, 0.29) is 11.5 Å². The largest absolute Gasteiger partial charge is 0.374 e. The van der Waals surface area contributed by atoms with Gasteiger partial charge < -0.3 is 4.74 Å². The van der Waals surface area contributed by atoms with Gasteiger partial charge in [-0.1, -0.05) is 27.2 Å². The average molecular weight is 212 g/mol. The van der Waals surface area contributed by atoms with Gasteiger partial charge in [0.15, 0.2) is 0 Å². The van der Waals surface area contributed by atoms with Gasteiger partial charge in [-0.3, -0.25) is 4.79 Å². The maximum atomic E-state index is 11.7. The van der Waals surface area contributed by atoms with Gasteiger partial charge in [-0.05, 0) is 26.2 Å². The van der Waals surface area contributed by atoms with Gasteiger partial charge in [0.05, 0.1) is 17.6 Å². The van der Waals surface area contributed by atoms with Crippen LogP contribution in [0.4, 0.5) is 0 Å². The Morgan fingerprint density at radius 3 is 2.40 bits per heavy atom. The van der Waals surface area contributed by atoms with Gasteiger partial charge in [-0.25, -0.2) is 0 Å². The second kappa shape index (κ2) is 5.11. The second-order valence-electron chi connectivity index (χ2n) is 4.71. The van der Waals surface area contributed by atoms with E-state index < -0.39 is 0 Å². The van der Waals surface area contributed by atoms with Crippen molar-refractivity contribution in [2.24, 2.45) is 5.41 Å². The zero-order chi connectivity index (χ0) is 11.5. The van der Waals surface area contributed by atoms with Crippen LogP contribution in [0.5, 0.6) is 0 Å². The second-order valence-corrected chi connectivity index (χ2v) is 4.71. The van der Waals surface area contributed by atoms with Crippen molar-refractivity contribution in [2.45, 2.75) is 72.0 Å². The molecule has 0 radical (unpaired) electrons. The van der Waals surface area contributed by atoms with Crippen molar-refractivity contribution < 1.29 is 9.53 Å². The van der Waals surface area contributed by atoms with Crippen molar-refractivity contribution >= 4 is 5.78 Å². The van der Waals surface area contributed by atoms with Crippen LogP contribution in [0.25, 0.3) is 0 Å². The minimum atomic E-state index is -0.151. The fourth-order valence-corrected chi connectivity index (χ4v) is 2.65. The molecule has 1 rings (SSSR count). The molecular formula is C13H24O2. The standard InChI is InChI=1S/C13H24O2/c1-5-8-10(4)15-12-9-11(14)13(12,6-2)7-3/h10,12H,5-9H2,1-4H3. The smallest absolute Gasteiger partial charge is 0.144 e. The predicted octanol–water partition coefficient (Wildman–Crippen LogP) is 3.34. The van der Waals surface area contributed by atoms with Crippen LogP contribution < -0.4 is 0 Å². The molecule has 2 atom stereocenters. The first-order chi connectivity index (χ1) is 7.10. The molecule has 0 N–H and O–H groups in total. The third kappa shape index (κ3) is 2.25. The zero-order valence-corrected chi connectivity index (χ0v) is 10.5. The van der Waals surface area contributed by atoms with Crippen LogP contribution >= 0.6 is 0 Å². The molecule has 1 saturated carbocycles. The summed E-state index contributed by atoms with van der Waals surface area (Å²) in [6.07, 6.45) is 5.20. The van der Waals surface area contributed by atoms with Gasteiger partial charge in [0.25, 0.3) is 0 Å². The first-order valence-corrected chi connectivity index (χ1v) is 6.29. The lowest BCUT2D eigenvalue weighted by atomic mass is 9.61. The number of Topliss-reactive ketones (excluding diaryl/α,β-unsaturated/α-hetero) is 1. The molecular weight excluding hydrogens is 188 g/mol. The van der Waals surface area contributed by atoms with Crippen molar-refractivity contribution in [3.05, 3.63) is 0 Å². The first-order valence-electron chi connectivity index (χ1n) is 6.29. The Balaban J connectivity index is 2.53. The molecule has 0 amide bonds. The molecule has 0 aromatic heterocycles. The molecule has 0 aliphatic heterocycles. The Labute approximate surface area is 93.4 Å². The minimum absolute atomic E-state index is 0.151. The number of hydrogen-bond donors (Lipinski definition) is 0. The van der Waals surface area contributed by atoms with Gasteiger partial charge in [0.2, 0.25) is 0 Å². The monoisotopic (exact) mass is 212 g/mol. The van der Waals surface area contributed by atoms with E-state index in [1.807, 2.05) is 0 Å². The predicted molar refractivity (Wildman–Crippen MR) is 61.9 cm³/mol. The fraction of sp³-hybridized carbons (Fsp3) is 0.923. The van der Waals surface area contributed by atoms with E-state index in [1.54, 1.807) is 0 Å². The third-order valence-electron chi connectivity index (χ3n) is 3.90. The van der Waals surface area contributed by atoms with Crippen LogP contribution in [0.3, 0.4) is 0 Å². The van der Waals surface area contributed by atoms with Gasteiger partial charge in [0, 0.05) is 6.42 Å². The third-order valence-corrected chi connectivity index (χ3v) is 3.90. The summed E-state index contributed by atoms with van der Waals surface area (Å²) in [4.78, 5) is 11.7. The van der Waals surface area contributed by atoms with E-state index in [9.17, 15) is 4.79 Å². The highest BCUT2D eigenvalue weighted by Gasteiger charge is 2.53. The van der Waals surface area contributed by atoms with Gasteiger partial charge >= 0.3 is 0 Å². The molecule has 2 heteroatoms. The summed E-state index contributed by atoms with van der Waals surface area (Å²) in [7, 11) is 0. The van der Waals surface area contributed by atoms with E-state index in [1.165, 1.54) is 0 Å². The maximum absolute atomic E-state index is 11.7.